The van der Waals surface area contributed by atoms with Crippen LogP contribution < -0.4 is 5.32 Å². The number of rotatable bonds is 6. The molecule has 1 aliphatic rings. The first-order valence-corrected chi connectivity index (χ1v) is 5.77. The summed E-state index contributed by atoms with van der Waals surface area (Å²) >= 11 is 0. The summed E-state index contributed by atoms with van der Waals surface area (Å²) in [5, 5.41) is 11.6. The second kappa shape index (κ2) is 5.84. The number of likely N-dealkylation sites (N-methyl/N-ethyl adjacent to an activating group) is 1. The summed E-state index contributed by atoms with van der Waals surface area (Å²) in [6, 6.07) is 0.0368. The van der Waals surface area contributed by atoms with Gasteiger partial charge in [0.25, 0.3) is 0 Å². The van der Waals surface area contributed by atoms with E-state index in [-0.39, 0.29) is 17.9 Å². The Hall–Kier alpha value is -1.10. The third-order valence-electron chi connectivity index (χ3n) is 3.16. The molecular weight excluding hydrogens is 208 g/mol. The number of carbonyl (C=O) groups excluding carboxylic acids is 1. The van der Waals surface area contributed by atoms with Crippen molar-refractivity contribution >= 4 is 11.9 Å². The fraction of sp³-hybridized carbons (Fsp3) is 0.818. The van der Waals surface area contributed by atoms with Crippen LogP contribution in [0.1, 0.15) is 26.2 Å². The van der Waals surface area contributed by atoms with E-state index in [0.29, 0.717) is 6.54 Å². The van der Waals surface area contributed by atoms with Gasteiger partial charge in [-0.1, -0.05) is 6.92 Å². The van der Waals surface area contributed by atoms with Gasteiger partial charge >= 0.3 is 5.97 Å². The zero-order valence-electron chi connectivity index (χ0n) is 9.90. The molecule has 2 atom stereocenters. The molecule has 1 aliphatic carbocycles. The summed E-state index contributed by atoms with van der Waals surface area (Å²) in [5.41, 5.74) is 0. The van der Waals surface area contributed by atoms with E-state index in [1.807, 2.05) is 11.8 Å². The minimum atomic E-state index is -0.741. The highest BCUT2D eigenvalue weighted by molar-refractivity contribution is 5.78. The van der Waals surface area contributed by atoms with Crippen molar-refractivity contribution in [3.05, 3.63) is 0 Å². The van der Waals surface area contributed by atoms with Gasteiger partial charge in [0.15, 0.2) is 0 Å². The average molecular weight is 228 g/mol. The standard InChI is InChI=1S/C11H20N2O3/c1-3-6-13(7-10(14)12-2)9-5-4-8(9)11(15)16/h8-9H,3-7H2,1-2H3,(H,12,14)(H,15,16). The Morgan fingerprint density at radius 3 is 2.50 bits per heavy atom. The Morgan fingerprint density at radius 2 is 2.12 bits per heavy atom. The lowest BCUT2D eigenvalue weighted by Crippen LogP contribution is -2.53. The molecule has 16 heavy (non-hydrogen) atoms. The monoisotopic (exact) mass is 228 g/mol. The third kappa shape index (κ3) is 2.95. The first-order valence-electron chi connectivity index (χ1n) is 5.77. The van der Waals surface area contributed by atoms with Crippen LogP contribution in [0, 0.1) is 5.92 Å². The number of hydrogen-bond donors (Lipinski definition) is 2. The van der Waals surface area contributed by atoms with Crippen molar-refractivity contribution in [1.82, 2.24) is 10.2 Å². The maximum absolute atomic E-state index is 11.3. The summed E-state index contributed by atoms with van der Waals surface area (Å²) in [7, 11) is 1.60. The fourth-order valence-corrected chi connectivity index (χ4v) is 2.12. The van der Waals surface area contributed by atoms with Gasteiger partial charge in [0.1, 0.15) is 0 Å². The molecule has 1 saturated carbocycles. The van der Waals surface area contributed by atoms with Crippen LogP contribution in [0.25, 0.3) is 0 Å². The second-order valence-electron chi connectivity index (χ2n) is 4.23. The molecule has 2 unspecified atom stereocenters. The van der Waals surface area contributed by atoms with E-state index >= 15 is 0 Å². The summed E-state index contributed by atoms with van der Waals surface area (Å²) in [6.07, 6.45) is 2.54. The lowest BCUT2D eigenvalue weighted by Gasteiger charge is -2.41. The van der Waals surface area contributed by atoms with Gasteiger partial charge in [-0.3, -0.25) is 14.5 Å². The maximum Gasteiger partial charge on any atom is 0.308 e. The Morgan fingerprint density at radius 1 is 1.44 bits per heavy atom. The molecule has 0 aromatic heterocycles. The van der Waals surface area contributed by atoms with E-state index in [4.69, 9.17) is 5.11 Å². The van der Waals surface area contributed by atoms with Gasteiger partial charge in [0.05, 0.1) is 12.5 Å². The summed E-state index contributed by atoms with van der Waals surface area (Å²) in [4.78, 5) is 24.2. The number of nitrogens with one attached hydrogen (secondary N) is 1. The zero-order valence-corrected chi connectivity index (χ0v) is 9.90. The van der Waals surface area contributed by atoms with E-state index in [9.17, 15) is 9.59 Å². The first kappa shape index (κ1) is 13.0. The van der Waals surface area contributed by atoms with Crippen LogP contribution in [0.5, 0.6) is 0 Å². The van der Waals surface area contributed by atoms with Gasteiger partial charge in [0.2, 0.25) is 5.91 Å². The van der Waals surface area contributed by atoms with Gasteiger partial charge in [0, 0.05) is 13.1 Å². The Kier molecular flexibility index (Phi) is 4.73. The number of carboxylic acids is 1. The van der Waals surface area contributed by atoms with Crippen LogP contribution >= 0.6 is 0 Å². The van der Waals surface area contributed by atoms with Gasteiger partial charge in [-0.25, -0.2) is 0 Å². The highest BCUT2D eigenvalue weighted by Crippen LogP contribution is 2.32. The molecule has 1 amide bonds. The van der Waals surface area contributed by atoms with E-state index in [1.165, 1.54) is 0 Å². The molecule has 1 rings (SSSR count). The molecular formula is C11H20N2O3. The molecule has 1 fully saturated rings. The third-order valence-corrected chi connectivity index (χ3v) is 3.16. The van der Waals surface area contributed by atoms with Gasteiger partial charge < -0.3 is 10.4 Å². The predicted molar refractivity (Wildman–Crippen MR) is 60.1 cm³/mol. The van der Waals surface area contributed by atoms with Crippen LogP contribution in [0.2, 0.25) is 0 Å². The molecule has 0 heterocycles. The molecule has 0 aliphatic heterocycles. The summed E-state index contributed by atoms with van der Waals surface area (Å²) in [5.74, 6) is -1.09. The largest absolute Gasteiger partial charge is 0.481 e. The Labute approximate surface area is 95.8 Å². The van der Waals surface area contributed by atoms with E-state index in [1.54, 1.807) is 7.05 Å². The smallest absolute Gasteiger partial charge is 0.308 e. The Bertz CT molecular complexity index is 268. The molecule has 0 aromatic carbocycles. The van der Waals surface area contributed by atoms with Gasteiger partial charge in [-0.2, -0.15) is 0 Å². The van der Waals surface area contributed by atoms with Crippen molar-refractivity contribution in [1.29, 1.82) is 0 Å². The molecule has 0 radical (unpaired) electrons. The molecule has 92 valence electrons. The predicted octanol–water partition coefficient (Wildman–Crippen LogP) is 0.308. The van der Waals surface area contributed by atoms with Crippen LogP contribution in [0.15, 0.2) is 0 Å². The fourth-order valence-electron chi connectivity index (χ4n) is 2.12. The van der Waals surface area contributed by atoms with Crippen molar-refractivity contribution in [2.75, 3.05) is 20.1 Å². The van der Waals surface area contributed by atoms with E-state index in [2.05, 4.69) is 5.32 Å². The van der Waals surface area contributed by atoms with Crippen molar-refractivity contribution in [2.24, 2.45) is 5.92 Å². The SMILES string of the molecule is CCCN(CC(=O)NC)C1CCC1C(=O)O. The normalized spacial score (nSPS) is 23.9. The molecule has 0 bridgehead atoms. The number of nitrogens with zero attached hydrogens (tertiary/aromatic N) is 1. The maximum atomic E-state index is 11.3. The molecule has 0 aromatic rings. The van der Waals surface area contributed by atoms with E-state index < -0.39 is 5.97 Å². The average Bonchev–Trinajstić information content (AvgIpc) is 2.15. The van der Waals surface area contributed by atoms with Crippen LogP contribution in [0.3, 0.4) is 0 Å². The number of carbonyl (C=O) groups is 2. The van der Waals surface area contributed by atoms with Crippen molar-refractivity contribution in [3.8, 4) is 0 Å². The minimum absolute atomic E-state index is 0.0368. The molecule has 5 heteroatoms. The molecule has 5 nitrogen and oxygen atoms in total. The van der Waals surface area contributed by atoms with Crippen LogP contribution in [-0.4, -0.2) is 48.1 Å². The Balaban J connectivity index is 2.56. The second-order valence-corrected chi connectivity index (χ2v) is 4.23. The zero-order chi connectivity index (χ0) is 12.1. The topological polar surface area (TPSA) is 69.6 Å². The lowest BCUT2D eigenvalue weighted by atomic mass is 9.78. The highest BCUT2D eigenvalue weighted by Gasteiger charge is 2.40. The summed E-state index contributed by atoms with van der Waals surface area (Å²) in [6.45, 7) is 3.12. The van der Waals surface area contributed by atoms with Gasteiger partial charge in [-0.15, -0.1) is 0 Å². The number of aliphatic carboxylic acids is 1. The number of amides is 1. The molecule has 0 saturated heterocycles. The molecule has 2 N–H and O–H groups in total. The highest BCUT2D eigenvalue weighted by atomic mass is 16.4. The van der Waals surface area contributed by atoms with Crippen molar-refractivity contribution < 1.29 is 14.7 Å². The first-order chi connectivity index (χ1) is 7.60. The summed E-state index contributed by atoms with van der Waals surface area (Å²) < 4.78 is 0. The lowest BCUT2D eigenvalue weighted by molar-refractivity contribution is -0.149. The van der Waals surface area contributed by atoms with Crippen LogP contribution in [-0.2, 0) is 9.59 Å². The minimum Gasteiger partial charge on any atom is -0.481 e. The van der Waals surface area contributed by atoms with E-state index in [0.717, 1.165) is 25.8 Å². The van der Waals surface area contributed by atoms with Gasteiger partial charge in [-0.05, 0) is 25.8 Å². The van der Waals surface area contributed by atoms with Crippen molar-refractivity contribution in [2.45, 2.75) is 32.2 Å². The van der Waals surface area contributed by atoms with Crippen LogP contribution in [0.4, 0.5) is 0 Å². The quantitative estimate of drug-likeness (QED) is 0.686. The number of hydrogen-bond acceptors (Lipinski definition) is 3. The number of carboxylic acid groups (broad SMARTS) is 1. The van der Waals surface area contributed by atoms with Crippen molar-refractivity contribution in [3.63, 3.8) is 0 Å². The molecule has 0 spiro atoms.